The molecule has 3 rings (SSSR count). The minimum Gasteiger partial charge on any atom is -0.452 e. The molecule has 2 aromatic carbocycles. The summed E-state index contributed by atoms with van der Waals surface area (Å²) in [5.41, 5.74) is 1.56. The zero-order valence-electron chi connectivity index (χ0n) is 13.7. The first-order valence-corrected chi connectivity index (χ1v) is 8.29. The molecule has 0 bridgehead atoms. The number of esters is 1. The van der Waals surface area contributed by atoms with Crippen LogP contribution in [0.25, 0.3) is 0 Å². The average Bonchev–Trinajstić information content (AvgIpc) is 2.65. The highest BCUT2D eigenvalue weighted by molar-refractivity contribution is 6.31. The van der Waals surface area contributed by atoms with E-state index in [1.165, 1.54) is 11.6 Å². The molecular formula is C18H15ClN2O5. The Morgan fingerprint density at radius 2 is 1.92 bits per heavy atom. The number of nitrogens with zero attached hydrogens (tertiary/aromatic N) is 2. The molecule has 8 heteroatoms. The summed E-state index contributed by atoms with van der Waals surface area (Å²) in [6, 6.07) is 11.4. The van der Waals surface area contributed by atoms with Gasteiger partial charge in [0, 0.05) is 24.2 Å². The van der Waals surface area contributed by atoms with E-state index >= 15 is 0 Å². The molecule has 0 unspecified atom stereocenters. The van der Waals surface area contributed by atoms with Crippen molar-refractivity contribution in [1.29, 1.82) is 0 Å². The van der Waals surface area contributed by atoms with E-state index < -0.39 is 23.2 Å². The van der Waals surface area contributed by atoms with Crippen LogP contribution in [0, 0.1) is 10.1 Å². The molecule has 1 heterocycles. The maximum absolute atomic E-state index is 12.3. The van der Waals surface area contributed by atoms with Gasteiger partial charge in [-0.05, 0) is 29.7 Å². The second-order valence-electron chi connectivity index (χ2n) is 5.83. The zero-order valence-corrected chi connectivity index (χ0v) is 14.4. The molecule has 1 aliphatic heterocycles. The normalized spacial score (nSPS) is 13.0. The molecule has 1 amide bonds. The molecule has 0 aromatic heterocycles. The number of ether oxygens (including phenoxy) is 1. The number of carbonyl (C=O) groups is 2. The molecule has 0 aliphatic carbocycles. The number of benzene rings is 2. The van der Waals surface area contributed by atoms with E-state index in [4.69, 9.17) is 16.3 Å². The van der Waals surface area contributed by atoms with Crippen LogP contribution in [0.3, 0.4) is 0 Å². The fraction of sp³-hybridized carbons (Fsp3) is 0.222. The Kier molecular flexibility index (Phi) is 5.18. The van der Waals surface area contributed by atoms with Crippen LogP contribution < -0.4 is 0 Å². The van der Waals surface area contributed by atoms with Gasteiger partial charge in [-0.2, -0.15) is 0 Å². The Bertz CT molecular complexity index is 884. The third kappa shape index (κ3) is 3.83. The number of hydrogen-bond donors (Lipinski definition) is 0. The maximum atomic E-state index is 12.3. The molecule has 7 nitrogen and oxygen atoms in total. The Balaban J connectivity index is 1.64. The van der Waals surface area contributed by atoms with Gasteiger partial charge in [0.2, 0.25) is 0 Å². The van der Waals surface area contributed by atoms with Crippen molar-refractivity contribution in [1.82, 2.24) is 4.90 Å². The van der Waals surface area contributed by atoms with Crippen LogP contribution >= 0.6 is 11.6 Å². The fourth-order valence-electron chi connectivity index (χ4n) is 2.84. The summed E-state index contributed by atoms with van der Waals surface area (Å²) in [5.74, 6) is -1.30. The van der Waals surface area contributed by atoms with E-state index in [-0.39, 0.29) is 16.5 Å². The summed E-state index contributed by atoms with van der Waals surface area (Å²) in [6.45, 7) is 0.499. The molecule has 26 heavy (non-hydrogen) atoms. The number of amides is 1. The van der Waals surface area contributed by atoms with Gasteiger partial charge in [-0.25, -0.2) is 4.79 Å². The summed E-state index contributed by atoms with van der Waals surface area (Å²) in [6.07, 6.45) is 0.732. The first-order chi connectivity index (χ1) is 12.5. The fourth-order valence-corrected chi connectivity index (χ4v) is 3.01. The second kappa shape index (κ2) is 7.53. The van der Waals surface area contributed by atoms with E-state index in [9.17, 15) is 19.7 Å². The lowest BCUT2D eigenvalue weighted by molar-refractivity contribution is -0.385. The Morgan fingerprint density at radius 3 is 2.65 bits per heavy atom. The van der Waals surface area contributed by atoms with Crippen molar-refractivity contribution < 1.29 is 19.2 Å². The third-order valence-electron chi connectivity index (χ3n) is 4.19. The Labute approximate surface area is 154 Å². The van der Waals surface area contributed by atoms with Crippen LogP contribution in [-0.4, -0.2) is 34.9 Å². The van der Waals surface area contributed by atoms with Crippen molar-refractivity contribution in [3.05, 3.63) is 74.3 Å². The van der Waals surface area contributed by atoms with E-state index in [1.807, 2.05) is 24.3 Å². The quantitative estimate of drug-likeness (QED) is 0.466. The van der Waals surface area contributed by atoms with E-state index in [2.05, 4.69) is 0 Å². The van der Waals surface area contributed by atoms with Crippen molar-refractivity contribution in [3.8, 4) is 0 Å². The van der Waals surface area contributed by atoms with Gasteiger partial charge in [0.05, 0.1) is 4.92 Å². The highest BCUT2D eigenvalue weighted by Crippen LogP contribution is 2.24. The van der Waals surface area contributed by atoms with Crippen LogP contribution in [0.15, 0.2) is 42.5 Å². The predicted molar refractivity (Wildman–Crippen MR) is 94.0 cm³/mol. The van der Waals surface area contributed by atoms with Crippen LogP contribution in [-0.2, 0) is 22.5 Å². The monoisotopic (exact) mass is 374 g/mol. The number of nitro benzene ring substituents is 1. The van der Waals surface area contributed by atoms with Crippen molar-refractivity contribution in [2.24, 2.45) is 0 Å². The zero-order chi connectivity index (χ0) is 18.7. The van der Waals surface area contributed by atoms with Gasteiger partial charge >= 0.3 is 5.97 Å². The third-order valence-corrected chi connectivity index (χ3v) is 4.42. The molecule has 0 saturated heterocycles. The van der Waals surface area contributed by atoms with Gasteiger partial charge in [0.15, 0.2) is 6.61 Å². The summed E-state index contributed by atoms with van der Waals surface area (Å²) in [7, 11) is 0. The van der Waals surface area contributed by atoms with E-state index in [0.29, 0.717) is 13.1 Å². The first kappa shape index (κ1) is 17.9. The van der Waals surface area contributed by atoms with Crippen LogP contribution in [0.2, 0.25) is 5.02 Å². The highest BCUT2D eigenvalue weighted by Gasteiger charge is 2.25. The minimum absolute atomic E-state index is 0.168. The van der Waals surface area contributed by atoms with Gasteiger partial charge < -0.3 is 9.64 Å². The predicted octanol–water partition coefficient (Wildman–Crippen LogP) is 2.99. The minimum atomic E-state index is -0.954. The molecule has 0 spiro atoms. The van der Waals surface area contributed by atoms with E-state index in [1.54, 1.807) is 4.90 Å². The van der Waals surface area contributed by atoms with Crippen LogP contribution in [0.1, 0.15) is 21.5 Å². The van der Waals surface area contributed by atoms with Gasteiger partial charge in [-0.15, -0.1) is 0 Å². The number of rotatable bonds is 4. The molecule has 0 saturated carbocycles. The summed E-state index contributed by atoms with van der Waals surface area (Å²) >= 11 is 5.79. The first-order valence-electron chi connectivity index (χ1n) is 7.91. The lowest BCUT2D eigenvalue weighted by atomic mass is 10.00. The topological polar surface area (TPSA) is 89.8 Å². The van der Waals surface area contributed by atoms with Crippen LogP contribution in [0.5, 0.6) is 0 Å². The molecule has 134 valence electrons. The number of nitro groups is 1. The standard InChI is InChI=1S/C18H15ClN2O5/c19-14-5-6-16(21(24)25)15(9-14)18(23)26-11-17(22)20-8-7-12-3-1-2-4-13(12)10-20/h1-6,9H,7-8,10-11H2. The maximum Gasteiger partial charge on any atom is 0.345 e. The van der Waals surface area contributed by atoms with Crippen molar-refractivity contribution in [2.45, 2.75) is 13.0 Å². The lowest BCUT2D eigenvalue weighted by Crippen LogP contribution is -2.38. The number of fused-ring (bicyclic) bond motifs is 1. The molecule has 0 N–H and O–H groups in total. The largest absolute Gasteiger partial charge is 0.452 e. The van der Waals surface area contributed by atoms with Gasteiger partial charge in [0.1, 0.15) is 5.56 Å². The SMILES string of the molecule is O=C(OCC(=O)N1CCc2ccccc2C1)c1cc(Cl)ccc1[N+](=O)[O-]. The molecule has 0 fully saturated rings. The van der Waals surface area contributed by atoms with Crippen molar-refractivity contribution in [2.75, 3.05) is 13.2 Å². The average molecular weight is 375 g/mol. The molecule has 0 atom stereocenters. The highest BCUT2D eigenvalue weighted by atomic mass is 35.5. The smallest absolute Gasteiger partial charge is 0.345 e. The van der Waals surface area contributed by atoms with Crippen molar-refractivity contribution in [3.63, 3.8) is 0 Å². The number of halogens is 1. The van der Waals surface area contributed by atoms with Gasteiger partial charge in [-0.1, -0.05) is 35.9 Å². The van der Waals surface area contributed by atoms with E-state index in [0.717, 1.165) is 24.1 Å². The number of carbonyl (C=O) groups excluding carboxylic acids is 2. The Morgan fingerprint density at radius 1 is 1.19 bits per heavy atom. The lowest BCUT2D eigenvalue weighted by Gasteiger charge is -2.28. The van der Waals surface area contributed by atoms with Crippen molar-refractivity contribution >= 4 is 29.2 Å². The van der Waals surface area contributed by atoms with Gasteiger partial charge in [0.25, 0.3) is 11.6 Å². The summed E-state index contributed by atoms with van der Waals surface area (Å²) in [4.78, 5) is 36.4. The summed E-state index contributed by atoms with van der Waals surface area (Å²) < 4.78 is 4.98. The van der Waals surface area contributed by atoms with Gasteiger partial charge in [-0.3, -0.25) is 14.9 Å². The Hall–Kier alpha value is -2.93. The molecule has 0 radical (unpaired) electrons. The molecular weight excluding hydrogens is 360 g/mol. The molecule has 1 aliphatic rings. The number of hydrogen-bond acceptors (Lipinski definition) is 5. The second-order valence-corrected chi connectivity index (χ2v) is 6.27. The van der Waals surface area contributed by atoms with Crippen LogP contribution in [0.4, 0.5) is 5.69 Å². The summed E-state index contributed by atoms with van der Waals surface area (Å²) in [5, 5.41) is 11.2. The molecule has 2 aromatic rings.